The molecule has 0 aromatic heterocycles. The lowest BCUT2D eigenvalue weighted by Crippen LogP contribution is -2.10. The monoisotopic (exact) mass is 154 g/mol. The van der Waals surface area contributed by atoms with E-state index in [0.29, 0.717) is 0 Å². The van der Waals surface area contributed by atoms with Gasteiger partial charge in [0, 0.05) is 0 Å². The largest absolute Gasteiger partial charge is 0.820 e. The SMILES string of the molecule is C#CCOP([O-])[O-].[NH4+].[NH4+]. The quantitative estimate of drug-likeness (QED) is 0.404. The lowest BCUT2D eigenvalue weighted by molar-refractivity contribution is -0.317. The van der Waals surface area contributed by atoms with Gasteiger partial charge in [-0.1, -0.05) is 5.92 Å². The molecule has 0 atom stereocenters. The zero-order valence-corrected chi connectivity index (χ0v) is 6.35. The molecule has 0 saturated carbocycles. The van der Waals surface area contributed by atoms with E-state index >= 15 is 0 Å². The van der Waals surface area contributed by atoms with Gasteiger partial charge in [-0.3, -0.25) is 0 Å². The Labute approximate surface area is 55.2 Å². The fourth-order valence-corrected chi connectivity index (χ4v) is 0.270. The summed E-state index contributed by atoms with van der Waals surface area (Å²) in [4.78, 5) is 19.0. The van der Waals surface area contributed by atoms with Crippen LogP contribution in [-0.4, -0.2) is 6.61 Å². The van der Waals surface area contributed by atoms with Crippen LogP contribution in [0.3, 0.4) is 0 Å². The highest BCUT2D eigenvalue weighted by Gasteiger charge is 1.68. The Balaban J connectivity index is -0.000000180. The molecule has 0 aliphatic carbocycles. The Morgan fingerprint density at radius 3 is 2.00 bits per heavy atom. The van der Waals surface area contributed by atoms with Gasteiger partial charge in [0.2, 0.25) is 0 Å². The summed E-state index contributed by atoms with van der Waals surface area (Å²) in [7, 11) is -2.75. The van der Waals surface area contributed by atoms with Crippen LogP contribution >= 0.6 is 8.60 Å². The van der Waals surface area contributed by atoms with Crippen molar-refractivity contribution in [3.8, 4) is 12.3 Å². The summed E-state index contributed by atoms with van der Waals surface area (Å²) in [5.74, 6) is 1.99. The molecule has 0 rings (SSSR count). The van der Waals surface area contributed by atoms with Crippen molar-refractivity contribution in [2.45, 2.75) is 0 Å². The molecule has 0 aromatic carbocycles. The zero-order chi connectivity index (χ0) is 5.70. The first-order valence-electron chi connectivity index (χ1n) is 1.48. The maximum absolute atomic E-state index is 9.48. The molecule has 0 aliphatic rings. The van der Waals surface area contributed by atoms with Crippen LogP contribution < -0.4 is 22.1 Å². The number of terminal acetylenes is 1. The smallest absolute Gasteiger partial charge is 0.108 e. The van der Waals surface area contributed by atoms with Crippen LogP contribution in [-0.2, 0) is 4.52 Å². The second-order valence-electron chi connectivity index (χ2n) is 0.701. The molecule has 5 nitrogen and oxygen atoms in total. The second kappa shape index (κ2) is 10.7. The van der Waals surface area contributed by atoms with E-state index in [4.69, 9.17) is 0 Å². The third-order valence-corrected chi connectivity index (χ3v) is 0.593. The van der Waals surface area contributed by atoms with Crippen LogP contribution in [0.2, 0.25) is 0 Å². The summed E-state index contributed by atoms with van der Waals surface area (Å²) < 4.78 is 3.91. The van der Waals surface area contributed by atoms with E-state index in [9.17, 15) is 9.79 Å². The van der Waals surface area contributed by atoms with Crippen molar-refractivity contribution in [3.63, 3.8) is 0 Å². The minimum Gasteiger partial charge on any atom is -0.820 e. The Bertz CT molecular complexity index is 81.6. The highest BCUT2D eigenvalue weighted by molar-refractivity contribution is 7.36. The molecule has 0 heterocycles. The summed E-state index contributed by atoms with van der Waals surface area (Å²) in [6.07, 6.45) is 4.63. The van der Waals surface area contributed by atoms with Crippen molar-refractivity contribution >= 4 is 8.60 Å². The van der Waals surface area contributed by atoms with Crippen LogP contribution in [0.1, 0.15) is 0 Å². The first-order valence-corrected chi connectivity index (χ1v) is 2.57. The van der Waals surface area contributed by atoms with E-state index in [1.165, 1.54) is 0 Å². The third-order valence-electron chi connectivity index (χ3n) is 0.253. The van der Waals surface area contributed by atoms with Gasteiger partial charge in [0.1, 0.15) is 6.61 Å². The molecule has 0 aromatic rings. The summed E-state index contributed by atoms with van der Waals surface area (Å²) in [6.45, 7) is -0.168. The average molecular weight is 154 g/mol. The van der Waals surface area contributed by atoms with Gasteiger partial charge in [0.15, 0.2) is 0 Å². The van der Waals surface area contributed by atoms with Gasteiger partial charge in [0.05, 0.1) is 0 Å². The van der Waals surface area contributed by atoms with E-state index in [-0.39, 0.29) is 18.9 Å². The number of quaternary nitrogens is 2. The minimum absolute atomic E-state index is 0. The summed E-state index contributed by atoms with van der Waals surface area (Å²) in [5.41, 5.74) is 0. The summed E-state index contributed by atoms with van der Waals surface area (Å²) in [6, 6.07) is 0. The normalized spacial score (nSPS) is 6.89. The maximum Gasteiger partial charge on any atom is 0.108 e. The highest BCUT2D eigenvalue weighted by Crippen LogP contribution is 2.10. The first-order chi connectivity index (χ1) is 3.27. The Hall–Kier alpha value is -0.210. The van der Waals surface area contributed by atoms with Crippen LogP contribution in [0.4, 0.5) is 0 Å². The van der Waals surface area contributed by atoms with Gasteiger partial charge in [-0.05, 0) is 0 Å². The van der Waals surface area contributed by atoms with Crippen molar-refractivity contribution in [2.24, 2.45) is 0 Å². The molecule has 0 unspecified atom stereocenters. The number of rotatable bonds is 2. The average Bonchev–Trinajstić information content (AvgIpc) is 1.61. The fourth-order valence-electron chi connectivity index (χ4n) is 0.0900. The maximum atomic E-state index is 9.48. The molecule has 56 valence electrons. The molecule has 0 saturated heterocycles. The summed E-state index contributed by atoms with van der Waals surface area (Å²) in [5, 5.41) is 0. The molecule has 0 radical (unpaired) electrons. The molecule has 9 heavy (non-hydrogen) atoms. The van der Waals surface area contributed by atoms with E-state index in [1.807, 2.05) is 5.92 Å². The van der Waals surface area contributed by atoms with Gasteiger partial charge in [0.25, 0.3) is 0 Å². The Morgan fingerprint density at radius 2 is 1.89 bits per heavy atom. The number of hydrogen-bond donors (Lipinski definition) is 2. The second-order valence-corrected chi connectivity index (χ2v) is 1.41. The Morgan fingerprint density at radius 1 is 1.44 bits per heavy atom. The lowest BCUT2D eigenvalue weighted by Gasteiger charge is -2.27. The molecule has 8 N–H and O–H groups in total. The highest BCUT2D eigenvalue weighted by atomic mass is 31.2. The van der Waals surface area contributed by atoms with Crippen LogP contribution in [0.25, 0.3) is 0 Å². The summed E-state index contributed by atoms with van der Waals surface area (Å²) >= 11 is 0. The molecule has 0 aliphatic heterocycles. The molecule has 6 heteroatoms. The molecule has 0 bridgehead atoms. The van der Waals surface area contributed by atoms with Gasteiger partial charge < -0.3 is 26.6 Å². The zero-order valence-electron chi connectivity index (χ0n) is 5.46. The topological polar surface area (TPSA) is 128 Å². The molecule has 0 fully saturated rings. The molecular formula is C3H11N2O3P. The van der Waals surface area contributed by atoms with E-state index in [2.05, 4.69) is 10.9 Å². The Kier molecular flexibility index (Phi) is 18.9. The van der Waals surface area contributed by atoms with Crippen molar-refractivity contribution in [2.75, 3.05) is 6.61 Å². The minimum atomic E-state index is -2.75. The van der Waals surface area contributed by atoms with Gasteiger partial charge >= 0.3 is 0 Å². The van der Waals surface area contributed by atoms with E-state index in [0.717, 1.165) is 0 Å². The van der Waals surface area contributed by atoms with Crippen LogP contribution in [0.15, 0.2) is 0 Å². The van der Waals surface area contributed by atoms with Gasteiger partial charge in [-0.2, -0.15) is 8.60 Å². The van der Waals surface area contributed by atoms with Gasteiger partial charge in [-0.15, -0.1) is 6.42 Å². The van der Waals surface area contributed by atoms with E-state index in [1.54, 1.807) is 0 Å². The van der Waals surface area contributed by atoms with E-state index < -0.39 is 8.60 Å². The first kappa shape index (κ1) is 15.9. The van der Waals surface area contributed by atoms with Crippen molar-refractivity contribution in [1.29, 1.82) is 0 Å². The number of hydrogen-bond acceptors (Lipinski definition) is 3. The molecular weight excluding hydrogens is 143 g/mol. The van der Waals surface area contributed by atoms with Gasteiger partial charge in [-0.25, -0.2) is 0 Å². The lowest BCUT2D eigenvalue weighted by atomic mass is 10.8. The van der Waals surface area contributed by atoms with Crippen LogP contribution in [0, 0.1) is 12.3 Å². The molecule has 0 amide bonds. The van der Waals surface area contributed by atoms with Crippen molar-refractivity contribution in [1.82, 2.24) is 12.3 Å². The fraction of sp³-hybridized carbons (Fsp3) is 0.333. The predicted molar refractivity (Wildman–Crippen MR) is 33.7 cm³/mol. The van der Waals surface area contributed by atoms with Crippen molar-refractivity contribution in [3.05, 3.63) is 0 Å². The molecule has 0 spiro atoms. The van der Waals surface area contributed by atoms with Crippen LogP contribution in [0.5, 0.6) is 0 Å². The predicted octanol–water partition coefficient (Wildman–Crippen LogP) is -0.664. The standard InChI is InChI=1S/C3H3O3P.2H3N/c1-2-3-6-7(4)5;;/h1H,3H2;2*1H3/q-2;;/p+2. The van der Waals surface area contributed by atoms with Crippen molar-refractivity contribution < 1.29 is 14.3 Å². The third kappa shape index (κ3) is 18.2.